The summed E-state index contributed by atoms with van der Waals surface area (Å²) in [6.45, 7) is -0.587. The minimum atomic E-state index is -2.57. The summed E-state index contributed by atoms with van der Waals surface area (Å²) >= 11 is 0. The summed E-state index contributed by atoms with van der Waals surface area (Å²) < 4.78 is 54.4. The molecule has 3 aromatic rings. The fraction of sp³-hybridized carbons (Fsp3) is 0.211. The fourth-order valence-electron chi connectivity index (χ4n) is 2.62. The topological polar surface area (TPSA) is 96.5 Å². The molecular formula is C19H14F4N6O. The molecule has 1 aromatic carbocycles. The molecule has 0 saturated carbocycles. The number of nitrogens with one attached hydrogen (secondary N) is 1. The molecule has 11 heteroatoms. The van der Waals surface area contributed by atoms with Crippen LogP contribution in [0.2, 0.25) is 0 Å². The molecule has 0 radical (unpaired) electrons. The Kier molecular flexibility index (Phi) is 6.36. The Bertz CT molecular complexity index is 1110. The van der Waals surface area contributed by atoms with E-state index in [1.165, 1.54) is 24.5 Å². The van der Waals surface area contributed by atoms with Gasteiger partial charge in [-0.15, -0.1) is 0 Å². The lowest BCUT2D eigenvalue weighted by molar-refractivity contribution is 0.0980. The number of hydrogen-bond acceptors (Lipinski definition) is 6. The Morgan fingerprint density at radius 1 is 1.23 bits per heavy atom. The molecule has 2 heterocycles. The van der Waals surface area contributed by atoms with Crippen LogP contribution < -0.4 is 5.32 Å². The highest BCUT2D eigenvalue weighted by atomic mass is 19.3. The van der Waals surface area contributed by atoms with E-state index in [1.807, 2.05) is 6.07 Å². The van der Waals surface area contributed by atoms with E-state index in [1.54, 1.807) is 0 Å². The quantitative estimate of drug-likeness (QED) is 0.437. The normalized spacial score (nSPS) is 10.8. The summed E-state index contributed by atoms with van der Waals surface area (Å²) in [5, 5.41) is 15.0. The lowest BCUT2D eigenvalue weighted by Crippen LogP contribution is -2.06. The number of aromatic nitrogens is 4. The van der Waals surface area contributed by atoms with Crippen molar-refractivity contribution in [1.82, 2.24) is 19.7 Å². The number of anilines is 2. The first-order chi connectivity index (χ1) is 14.4. The monoisotopic (exact) mass is 418 g/mol. The van der Waals surface area contributed by atoms with Crippen molar-refractivity contribution < 1.29 is 22.4 Å². The standard InChI is InChI=1S/C19H14F4N6O/c20-14-6-11(3-4-13(14)16(30)2-1-5-24)18-15(21)8-25-19(28-18)27-12-7-26-29(9-12)10-17(22)23/h3-4,6-9,17H,1-2,10H2,(H,25,27,28). The molecule has 0 fully saturated rings. The first-order valence-corrected chi connectivity index (χ1v) is 8.67. The highest BCUT2D eigenvalue weighted by Gasteiger charge is 2.16. The minimum absolute atomic E-state index is 0.0382. The largest absolute Gasteiger partial charge is 0.321 e. The summed E-state index contributed by atoms with van der Waals surface area (Å²) in [5.41, 5.74) is -0.0471. The average Bonchev–Trinajstić information content (AvgIpc) is 3.13. The number of hydrogen-bond donors (Lipinski definition) is 1. The summed E-state index contributed by atoms with van der Waals surface area (Å²) in [4.78, 5) is 19.7. The van der Waals surface area contributed by atoms with Crippen molar-refractivity contribution >= 4 is 17.4 Å². The van der Waals surface area contributed by atoms with Gasteiger partial charge in [-0.2, -0.15) is 10.4 Å². The zero-order chi connectivity index (χ0) is 21.7. The van der Waals surface area contributed by atoms with Crippen molar-refractivity contribution in [3.63, 3.8) is 0 Å². The smallest absolute Gasteiger partial charge is 0.257 e. The number of ketones is 1. The molecule has 0 saturated heterocycles. The van der Waals surface area contributed by atoms with Crippen LogP contribution in [0.1, 0.15) is 23.2 Å². The van der Waals surface area contributed by atoms with Crippen molar-refractivity contribution in [3.8, 4) is 17.3 Å². The zero-order valence-electron chi connectivity index (χ0n) is 15.3. The molecule has 0 spiro atoms. The SMILES string of the molecule is N#CCCC(=O)c1ccc(-c2nc(Nc3cnn(CC(F)F)c3)ncc2F)cc1F. The number of alkyl halides is 2. The van der Waals surface area contributed by atoms with Crippen molar-refractivity contribution in [2.75, 3.05) is 5.32 Å². The van der Waals surface area contributed by atoms with E-state index in [-0.39, 0.29) is 35.6 Å². The highest BCUT2D eigenvalue weighted by molar-refractivity contribution is 5.96. The van der Waals surface area contributed by atoms with Crippen LogP contribution >= 0.6 is 0 Å². The van der Waals surface area contributed by atoms with Crippen LogP contribution in [0.15, 0.2) is 36.8 Å². The van der Waals surface area contributed by atoms with Crippen molar-refractivity contribution in [2.24, 2.45) is 0 Å². The number of carbonyl (C=O) groups excluding carboxylic acids is 1. The van der Waals surface area contributed by atoms with Crippen LogP contribution in [0.4, 0.5) is 29.2 Å². The van der Waals surface area contributed by atoms with Gasteiger partial charge in [0.15, 0.2) is 11.6 Å². The summed E-state index contributed by atoms with van der Waals surface area (Å²) in [6.07, 6.45) is 0.718. The van der Waals surface area contributed by atoms with Gasteiger partial charge >= 0.3 is 0 Å². The summed E-state index contributed by atoms with van der Waals surface area (Å²) in [6, 6.07) is 5.31. The molecular weight excluding hydrogens is 404 g/mol. The van der Waals surface area contributed by atoms with Gasteiger partial charge in [0, 0.05) is 24.6 Å². The number of nitriles is 1. The second-order valence-corrected chi connectivity index (χ2v) is 6.13. The molecule has 154 valence electrons. The number of rotatable bonds is 8. The first kappa shape index (κ1) is 20.9. The van der Waals surface area contributed by atoms with Crippen LogP contribution in [0.3, 0.4) is 0 Å². The summed E-state index contributed by atoms with van der Waals surface area (Å²) in [7, 11) is 0. The second kappa shape index (κ2) is 9.13. The van der Waals surface area contributed by atoms with E-state index in [0.29, 0.717) is 5.69 Å². The predicted molar refractivity (Wildman–Crippen MR) is 98.1 cm³/mol. The Hall–Kier alpha value is -3.81. The third-order valence-electron chi connectivity index (χ3n) is 3.97. The van der Waals surface area contributed by atoms with E-state index in [0.717, 1.165) is 16.9 Å². The molecule has 3 rings (SSSR count). The van der Waals surface area contributed by atoms with Crippen LogP contribution in [-0.2, 0) is 6.54 Å². The lowest BCUT2D eigenvalue weighted by Gasteiger charge is -2.08. The van der Waals surface area contributed by atoms with Gasteiger partial charge < -0.3 is 5.32 Å². The van der Waals surface area contributed by atoms with Crippen LogP contribution in [0, 0.1) is 23.0 Å². The van der Waals surface area contributed by atoms with E-state index < -0.39 is 30.4 Å². The molecule has 1 N–H and O–H groups in total. The lowest BCUT2D eigenvalue weighted by atomic mass is 10.0. The van der Waals surface area contributed by atoms with Crippen molar-refractivity contribution in [1.29, 1.82) is 5.26 Å². The van der Waals surface area contributed by atoms with E-state index in [4.69, 9.17) is 5.26 Å². The van der Waals surface area contributed by atoms with Crippen molar-refractivity contribution in [3.05, 3.63) is 54.0 Å². The fourth-order valence-corrected chi connectivity index (χ4v) is 2.62. The van der Waals surface area contributed by atoms with Crippen LogP contribution in [0.25, 0.3) is 11.3 Å². The van der Waals surface area contributed by atoms with Crippen LogP contribution in [0.5, 0.6) is 0 Å². The molecule has 0 aliphatic carbocycles. The number of Topliss-reactive ketones (excluding diaryl/α,β-unsaturated/α-hetero) is 1. The van der Waals surface area contributed by atoms with Gasteiger partial charge in [0.25, 0.3) is 6.43 Å². The van der Waals surface area contributed by atoms with Gasteiger partial charge in [0.1, 0.15) is 18.1 Å². The van der Waals surface area contributed by atoms with Gasteiger partial charge in [0.05, 0.1) is 29.7 Å². The molecule has 0 unspecified atom stereocenters. The molecule has 0 amide bonds. The molecule has 0 bridgehead atoms. The maximum absolute atomic E-state index is 14.3. The van der Waals surface area contributed by atoms with E-state index in [9.17, 15) is 22.4 Å². The number of carbonyl (C=O) groups is 1. The highest BCUT2D eigenvalue weighted by Crippen LogP contribution is 2.25. The van der Waals surface area contributed by atoms with E-state index >= 15 is 0 Å². The second-order valence-electron chi connectivity index (χ2n) is 6.13. The third kappa shape index (κ3) is 4.96. The molecule has 0 aliphatic rings. The Balaban J connectivity index is 1.83. The van der Waals surface area contributed by atoms with Gasteiger partial charge in [-0.25, -0.2) is 27.5 Å². The molecule has 0 aliphatic heterocycles. The molecule has 0 atom stereocenters. The zero-order valence-corrected chi connectivity index (χ0v) is 15.3. The van der Waals surface area contributed by atoms with Gasteiger partial charge in [0.2, 0.25) is 5.95 Å². The number of nitrogens with zero attached hydrogens (tertiary/aromatic N) is 5. The molecule has 7 nitrogen and oxygen atoms in total. The van der Waals surface area contributed by atoms with E-state index in [2.05, 4.69) is 20.4 Å². The molecule has 30 heavy (non-hydrogen) atoms. The number of halogens is 4. The Morgan fingerprint density at radius 2 is 2.03 bits per heavy atom. The van der Waals surface area contributed by atoms with Gasteiger partial charge in [-0.1, -0.05) is 6.07 Å². The average molecular weight is 418 g/mol. The summed E-state index contributed by atoms with van der Waals surface area (Å²) in [5.74, 6) is -2.28. The van der Waals surface area contributed by atoms with Gasteiger partial charge in [-0.05, 0) is 12.1 Å². The Morgan fingerprint density at radius 3 is 2.73 bits per heavy atom. The first-order valence-electron chi connectivity index (χ1n) is 8.67. The Labute approximate surface area is 168 Å². The maximum atomic E-state index is 14.3. The third-order valence-corrected chi connectivity index (χ3v) is 3.97. The minimum Gasteiger partial charge on any atom is -0.321 e. The molecule has 2 aromatic heterocycles. The van der Waals surface area contributed by atoms with Crippen LogP contribution in [-0.4, -0.2) is 32.0 Å². The van der Waals surface area contributed by atoms with Gasteiger partial charge in [-0.3, -0.25) is 9.48 Å². The van der Waals surface area contributed by atoms with Crippen molar-refractivity contribution in [2.45, 2.75) is 25.8 Å². The predicted octanol–water partition coefficient (Wildman–Crippen LogP) is 4.11. The number of benzene rings is 1. The maximum Gasteiger partial charge on any atom is 0.257 e.